The zero-order valence-corrected chi connectivity index (χ0v) is 12.3. The Bertz CT molecular complexity index is 498. The smallest absolute Gasteiger partial charge is 0.410 e. The van der Waals surface area contributed by atoms with Gasteiger partial charge in [0.1, 0.15) is 11.0 Å². The van der Waals surface area contributed by atoms with Crippen LogP contribution in [0.5, 0.6) is 0 Å². The summed E-state index contributed by atoms with van der Waals surface area (Å²) in [5.74, 6) is -1.91. The molecule has 0 radical (unpaired) electrons. The Hall–Kier alpha value is -1.59. The van der Waals surface area contributed by atoms with Crippen molar-refractivity contribution in [2.45, 2.75) is 46.6 Å². The Morgan fingerprint density at radius 2 is 2.10 bits per heavy atom. The van der Waals surface area contributed by atoms with E-state index >= 15 is 0 Å². The van der Waals surface area contributed by atoms with E-state index in [1.165, 1.54) is 6.92 Å². The highest BCUT2D eigenvalue weighted by Crippen LogP contribution is 2.30. The number of piperidine rings is 1. The van der Waals surface area contributed by atoms with Crippen molar-refractivity contribution in [2.75, 3.05) is 19.7 Å². The molecule has 1 unspecified atom stereocenters. The number of esters is 1. The second-order valence-electron chi connectivity index (χ2n) is 5.70. The fourth-order valence-corrected chi connectivity index (χ4v) is 1.78. The molecule has 0 N–H and O–H groups in total. The molecule has 0 spiro atoms. The van der Waals surface area contributed by atoms with Crippen molar-refractivity contribution >= 4 is 17.8 Å². The number of hydrogen-bond donors (Lipinski definition) is 0. The van der Waals surface area contributed by atoms with Crippen LogP contribution in [0.3, 0.4) is 0 Å². The molecule has 0 aromatic heterocycles. The summed E-state index contributed by atoms with van der Waals surface area (Å²) < 4.78 is 32.8. The molecular formula is C14H23NO5. The average molecular weight is 288 g/mol. The standard InChI is InChI=1S/C14H23NO5/c1-6-19-11(17)14(5)7-8-15(9-10(14)16)12(18)20-13(2,3)4/h6-9H2,1-5H3/i5D3. The molecule has 114 valence electrons. The highest BCUT2D eigenvalue weighted by molar-refractivity contribution is 6.05. The first kappa shape index (κ1) is 12.2. The van der Waals surface area contributed by atoms with E-state index in [9.17, 15) is 14.4 Å². The quantitative estimate of drug-likeness (QED) is 0.572. The molecule has 1 atom stereocenters. The van der Waals surface area contributed by atoms with Gasteiger partial charge < -0.3 is 14.4 Å². The lowest BCUT2D eigenvalue weighted by molar-refractivity contribution is -0.162. The van der Waals surface area contributed by atoms with E-state index in [0.717, 1.165) is 4.90 Å². The van der Waals surface area contributed by atoms with E-state index in [4.69, 9.17) is 13.6 Å². The molecule has 1 rings (SSSR count). The number of hydrogen-bond acceptors (Lipinski definition) is 5. The molecule has 0 bridgehead atoms. The first-order chi connectivity index (χ1) is 10.3. The number of Topliss-reactive ketones (excluding diaryl/α,β-unsaturated/α-hetero) is 1. The van der Waals surface area contributed by atoms with E-state index in [-0.39, 0.29) is 19.6 Å². The molecule has 6 heteroatoms. The van der Waals surface area contributed by atoms with E-state index in [0.29, 0.717) is 0 Å². The van der Waals surface area contributed by atoms with Gasteiger partial charge >= 0.3 is 12.1 Å². The van der Waals surface area contributed by atoms with Crippen molar-refractivity contribution in [3.8, 4) is 0 Å². The van der Waals surface area contributed by atoms with Crippen molar-refractivity contribution in [3.63, 3.8) is 0 Å². The number of carbonyl (C=O) groups excluding carboxylic acids is 3. The summed E-state index contributed by atoms with van der Waals surface area (Å²) in [5.41, 5.74) is -2.96. The molecule has 0 saturated carbocycles. The van der Waals surface area contributed by atoms with E-state index in [1.54, 1.807) is 20.8 Å². The van der Waals surface area contributed by atoms with Gasteiger partial charge in [0.15, 0.2) is 5.78 Å². The summed E-state index contributed by atoms with van der Waals surface area (Å²) in [6.07, 6.45) is -1.03. The van der Waals surface area contributed by atoms with Gasteiger partial charge in [-0.25, -0.2) is 4.79 Å². The van der Waals surface area contributed by atoms with E-state index < -0.39 is 42.3 Å². The van der Waals surface area contributed by atoms with Crippen molar-refractivity contribution in [1.29, 1.82) is 0 Å². The van der Waals surface area contributed by atoms with Crippen LogP contribution >= 0.6 is 0 Å². The lowest BCUT2D eigenvalue weighted by Gasteiger charge is -2.36. The highest BCUT2D eigenvalue weighted by atomic mass is 16.6. The fraction of sp³-hybridized carbons (Fsp3) is 0.786. The average Bonchev–Trinajstić information content (AvgIpc) is 2.35. The van der Waals surface area contributed by atoms with Gasteiger partial charge in [-0.3, -0.25) is 9.59 Å². The normalized spacial score (nSPS) is 26.3. The fourth-order valence-electron chi connectivity index (χ4n) is 1.78. The van der Waals surface area contributed by atoms with Gasteiger partial charge in [-0.05, 0) is 41.0 Å². The first-order valence-corrected chi connectivity index (χ1v) is 6.53. The Morgan fingerprint density at radius 1 is 1.45 bits per heavy atom. The molecule has 0 aromatic carbocycles. The number of carbonyl (C=O) groups is 3. The van der Waals surface area contributed by atoms with Gasteiger partial charge in [0.2, 0.25) is 0 Å². The molecule has 1 aliphatic heterocycles. The van der Waals surface area contributed by atoms with E-state index in [2.05, 4.69) is 0 Å². The predicted molar refractivity (Wildman–Crippen MR) is 72.2 cm³/mol. The Morgan fingerprint density at radius 3 is 2.55 bits per heavy atom. The van der Waals surface area contributed by atoms with Crippen LogP contribution < -0.4 is 0 Å². The molecule has 6 nitrogen and oxygen atoms in total. The Labute approximate surface area is 123 Å². The molecule has 20 heavy (non-hydrogen) atoms. The van der Waals surface area contributed by atoms with E-state index in [1.807, 2.05) is 0 Å². The minimum absolute atomic E-state index is 0.0281. The summed E-state index contributed by atoms with van der Waals surface area (Å²) >= 11 is 0. The van der Waals surface area contributed by atoms with Crippen LogP contribution in [0.25, 0.3) is 0 Å². The monoisotopic (exact) mass is 288 g/mol. The maximum atomic E-state index is 12.4. The third-order valence-electron chi connectivity index (χ3n) is 2.84. The lowest BCUT2D eigenvalue weighted by Crippen LogP contribution is -2.53. The largest absolute Gasteiger partial charge is 0.465 e. The first-order valence-electron chi connectivity index (χ1n) is 8.03. The summed E-state index contributed by atoms with van der Waals surface area (Å²) in [6.45, 7) is 3.15. The minimum Gasteiger partial charge on any atom is -0.465 e. The van der Waals surface area contributed by atoms with Crippen molar-refractivity contribution < 1.29 is 28.0 Å². The van der Waals surface area contributed by atoms with Gasteiger partial charge in [0, 0.05) is 10.7 Å². The van der Waals surface area contributed by atoms with Crippen LogP contribution in [0.2, 0.25) is 0 Å². The maximum absolute atomic E-state index is 12.4. The SMILES string of the molecule is [2H]C([2H])([2H])C1(C(=O)OCC)CCN(C(=O)OC(C)(C)C)CC1=O. The van der Waals surface area contributed by atoms with Crippen LogP contribution in [0.15, 0.2) is 0 Å². The number of rotatable bonds is 2. The summed E-state index contributed by atoms with van der Waals surface area (Å²) in [4.78, 5) is 37.7. The van der Waals surface area contributed by atoms with Crippen LogP contribution in [0.4, 0.5) is 4.79 Å². The zero-order valence-electron chi connectivity index (χ0n) is 15.3. The van der Waals surface area contributed by atoms with Crippen LogP contribution in [-0.2, 0) is 19.1 Å². The third-order valence-corrected chi connectivity index (χ3v) is 2.84. The summed E-state index contributed by atoms with van der Waals surface area (Å²) in [6, 6.07) is 0. The van der Waals surface area contributed by atoms with Crippen LogP contribution in [-0.4, -0.2) is 48.0 Å². The molecule has 1 heterocycles. The van der Waals surface area contributed by atoms with Crippen LogP contribution in [0.1, 0.15) is 45.1 Å². The summed E-state index contributed by atoms with van der Waals surface area (Å²) in [5, 5.41) is 0. The number of ketones is 1. The number of nitrogens with zero attached hydrogens (tertiary/aromatic N) is 1. The maximum Gasteiger partial charge on any atom is 0.410 e. The molecule has 0 aliphatic carbocycles. The van der Waals surface area contributed by atoms with Crippen molar-refractivity contribution in [3.05, 3.63) is 0 Å². The highest BCUT2D eigenvalue weighted by Gasteiger charge is 2.47. The molecule has 0 aromatic rings. The van der Waals surface area contributed by atoms with Gasteiger partial charge in [0.05, 0.1) is 13.2 Å². The second kappa shape index (κ2) is 5.81. The van der Waals surface area contributed by atoms with Gasteiger partial charge in [-0.15, -0.1) is 0 Å². The minimum atomic E-state index is -2.84. The Kier molecular flexibility index (Phi) is 3.54. The molecule has 1 amide bonds. The Balaban J connectivity index is 3.00. The van der Waals surface area contributed by atoms with Crippen molar-refractivity contribution in [1.82, 2.24) is 4.90 Å². The number of ether oxygens (including phenoxy) is 2. The molecule has 1 fully saturated rings. The topological polar surface area (TPSA) is 72.9 Å². The number of amides is 1. The molecule has 1 saturated heterocycles. The molecular weight excluding hydrogens is 262 g/mol. The van der Waals surface area contributed by atoms with Gasteiger partial charge in [0.25, 0.3) is 0 Å². The van der Waals surface area contributed by atoms with Gasteiger partial charge in [-0.1, -0.05) is 0 Å². The third kappa shape index (κ3) is 3.71. The van der Waals surface area contributed by atoms with Crippen LogP contribution in [0, 0.1) is 5.41 Å². The molecule has 1 aliphatic rings. The second-order valence-corrected chi connectivity index (χ2v) is 5.70. The van der Waals surface area contributed by atoms with Gasteiger partial charge in [-0.2, -0.15) is 0 Å². The number of likely N-dealkylation sites (tertiary alicyclic amines) is 1. The zero-order chi connectivity index (χ0) is 18.1. The van der Waals surface area contributed by atoms with Crippen molar-refractivity contribution in [2.24, 2.45) is 5.41 Å². The lowest BCUT2D eigenvalue weighted by atomic mass is 9.79. The summed E-state index contributed by atoms with van der Waals surface area (Å²) in [7, 11) is 0. The predicted octanol–water partition coefficient (Wildman–Crippen LogP) is 1.77.